The number of thioether (sulfide) groups is 1. The number of allylic oxidation sites excluding steroid dienone is 3. The standard InChI is InChI=1S/C8H15O3P.C8H13O3P.C8H9O3P.C8H7O3P.C7H13O3PS.C6H7O3PS.C6H5O3PS.C5H3F8O3P/c4*9-12(10,11)7-6-8-4-2-1-3-5-8;8-11(9,10)4-3-7-2-1-5-12-6-7;2*7-10(8,9)4-3-6-2-1-5-11-6;6-2(1-17(14,15)16)3(7,8)4(9,10)5(11,12)13/h6-8H,1-5H2,(H2,9,10,11);8H,1-5H2,(H2,9,10,11);1-7H,(H2,9,10,11);1-5H,(H2,9,10,11);3-4,7H,1-2,5-6H2,(H2,8,9,10);1-5H,(H2,7,8,9);1-2,5H,(H2,7,8,9);1H,(H2,14,15,16)/b7-6+;;7-6+;;2*4-3+;;2-1-. The van der Waals surface area contributed by atoms with Gasteiger partial charge in [0.1, 0.15) is 0 Å². The molecule has 1 atom stereocenters. The molecule has 554 valence electrons. The molecule has 2 aliphatic carbocycles. The van der Waals surface area contributed by atoms with Crippen molar-refractivity contribution in [3.05, 3.63) is 164 Å². The molecule has 2 saturated carbocycles. The van der Waals surface area contributed by atoms with Gasteiger partial charge in [0.05, 0.1) is 10.7 Å². The van der Waals surface area contributed by atoms with Crippen molar-refractivity contribution in [3.8, 4) is 34.7 Å². The summed E-state index contributed by atoms with van der Waals surface area (Å²) in [5, 5.41) is 3.64. The second kappa shape index (κ2) is 45.4. The molecule has 1 aliphatic heterocycles. The molecule has 0 spiro atoms. The molecule has 3 heterocycles. The molecule has 43 heteroatoms. The molecule has 7 rings (SSSR count). The van der Waals surface area contributed by atoms with Gasteiger partial charge in [-0.2, -0.15) is 42.5 Å². The van der Waals surface area contributed by atoms with E-state index in [0.29, 0.717) is 22.3 Å². The van der Waals surface area contributed by atoms with E-state index >= 15 is 0 Å². The molecule has 24 nitrogen and oxygen atoms in total. The Morgan fingerprint density at radius 3 is 1.30 bits per heavy atom. The van der Waals surface area contributed by atoms with E-state index in [1.807, 2.05) is 52.3 Å². The first kappa shape index (κ1) is 95.2. The summed E-state index contributed by atoms with van der Waals surface area (Å²) in [4.78, 5) is 136. The van der Waals surface area contributed by atoms with E-state index in [4.69, 9.17) is 78.3 Å². The zero-order valence-electron chi connectivity index (χ0n) is 51.3. The quantitative estimate of drug-likeness (QED) is 0.0377. The predicted octanol–water partition coefficient (Wildman–Crippen LogP) is 14.7. The van der Waals surface area contributed by atoms with Crippen molar-refractivity contribution in [2.24, 2.45) is 17.8 Å². The zero-order chi connectivity index (χ0) is 76.1. The first-order valence-electron chi connectivity index (χ1n) is 27.9. The maximum absolute atomic E-state index is 12.4. The topological polar surface area (TPSA) is 460 Å². The number of rotatable bonds is 11. The molecule has 3 fully saturated rings. The first-order chi connectivity index (χ1) is 45.2. The molecule has 4 aromatic rings. The molecule has 0 radical (unpaired) electrons. The van der Waals surface area contributed by atoms with Gasteiger partial charge in [0, 0.05) is 56.6 Å². The molecular formula is C56H72F8O24P8S3. The van der Waals surface area contributed by atoms with Crippen LogP contribution in [0.1, 0.15) is 97.9 Å². The third kappa shape index (κ3) is 54.5. The van der Waals surface area contributed by atoms with E-state index in [1.54, 1.807) is 84.3 Å². The van der Waals surface area contributed by atoms with Gasteiger partial charge >= 0.3 is 78.8 Å². The van der Waals surface area contributed by atoms with Crippen molar-refractivity contribution in [3.63, 3.8) is 0 Å². The molecule has 1 saturated heterocycles. The average molecular weight is 1630 g/mol. The molecule has 2 aromatic carbocycles. The minimum absolute atomic E-state index is 0.214. The fourth-order valence-electron chi connectivity index (χ4n) is 7.13. The van der Waals surface area contributed by atoms with Crippen molar-refractivity contribution >= 4 is 107 Å². The van der Waals surface area contributed by atoms with Crippen LogP contribution in [0.25, 0.3) is 12.2 Å². The van der Waals surface area contributed by atoms with E-state index in [9.17, 15) is 71.6 Å². The van der Waals surface area contributed by atoms with Crippen LogP contribution in [0.15, 0.2) is 143 Å². The largest absolute Gasteiger partial charge is 0.460 e. The van der Waals surface area contributed by atoms with E-state index in [-0.39, 0.29) is 5.92 Å². The predicted molar refractivity (Wildman–Crippen MR) is 364 cm³/mol. The lowest BCUT2D eigenvalue weighted by molar-refractivity contribution is -0.347. The maximum atomic E-state index is 12.4. The third-order valence-corrected chi connectivity index (χ3v) is 18.4. The maximum Gasteiger partial charge on any atom is 0.460 e. The Morgan fingerprint density at radius 1 is 0.455 bits per heavy atom. The van der Waals surface area contributed by atoms with Crippen molar-refractivity contribution in [1.82, 2.24) is 0 Å². The van der Waals surface area contributed by atoms with E-state index in [2.05, 4.69) is 17.8 Å². The summed E-state index contributed by atoms with van der Waals surface area (Å²) in [7, 11) is -33.9. The minimum atomic E-state index is -6.80. The van der Waals surface area contributed by atoms with Gasteiger partial charge in [-0.05, 0) is 121 Å². The van der Waals surface area contributed by atoms with E-state index in [0.717, 1.165) is 90.8 Å². The van der Waals surface area contributed by atoms with Crippen LogP contribution >= 0.6 is 95.2 Å². The molecule has 3 aliphatic rings. The Morgan fingerprint density at radius 2 is 0.889 bits per heavy atom. The molecule has 0 bridgehead atoms. The summed E-state index contributed by atoms with van der Waals surface area (Å²) in [6.45, 7) is 0. The van der Waals surface area contributed by atoms with Crippen molar-refractivity contribution in [2.75, 3.05) is 11.5 Å². The van der Waals surface area contributed by atoms with Gasteiger partial charge in [-0.1, -0.05) is 123 Å². The first-order valence-corrected chi connectivity index (χ1v) is 44.1. The Bertz CT molecular complexity index is 3740. The van der Waals surface area contributed by atoms with E-state index < -0.39 is 90.4 Å². The monoisotopic (exact) mass is 1620 g/mol. The van der Waals surface area contributed by atoms with E-state index in [1.165, 1.54) is 66.3 Å². The average Bonchev–Trinajstić information content (AvgIpc) is 1.09. The Kier molecular flexibility index (Phi) is 43.7. The van der Waals surface area contributed by atoms with Gasteiger partial charge in [0.25, 0.3) is 0 Å². The highest BCUT2D eigenvalue weighted by molar-refractivity contribution is 7.99. The normalized spacial score (nSPS) is 16.3. The number of hydrogen-bond acceptors (Lipinski definition) is 11. The SMILES string of the molecule is O=P(O)(O)/C=C(\F)C(F)(F)C(F)(F)C(F)(F)F.O=P(O)(O)/C=C/C1CCCCC1.O=P(O)(O)/C=C/C1CCCSC1.O=P(O)(O)/C=C/c1ccccc1.O=P(O)(O)/C=C/c1cccs1.O=P(O)(O)C#CC1CCCCC1.O=P(O)(O)C#Cc1ccccc1.O=P(O)(O)C#Cc1cccs1. The smallest absolute Gasteiger partial charge is 0.321 e. The van der Waals surface area contributed by atoms with Crippen LogP contribution in [0.3, 0.4) is 0 Å². The van der Waals surface area contributed by atoms with Crippen molar-refractivity contribution < 1.29 is 150 Å². The number of halogens is 8. The van der Waals surface area contributed by atoms with Crippen molar-refractivity contribution in [1.29, 1.82) is 0 Å². The minimum Gasteiger partial charge on any atom is -0.321 e. The lowest BCUT2D eigenvalue weighted by atomic mass is 9.90. The molecular weight excluding hydrogens is 1550 g/mol. The summed E-state index contributed by atoms with van der Waals surface area (Å²) >= 11 is 4.63. The third-order valence-electron chi connectivity index (χ3n) is 11.5. The zero-order valence-corrected chi connectivity index (χ0v) is 60.9. The summed E-state index contributed by atoms with van der Waals surface area (Å²) < 4.78 is 178. The summed E-state index contributed by atoms with van der Waals surface area (Å²) in [6.07, 6.45) is 12.9. The highest BCUT2D eigenvalue weighted by Crippen LogP contribution is 2.53. The number of thiophene rings is 2. The molecule has 16 N–H and O–H groups in total. The van der Waals surface area contributed by atoms with Crippen molar-refractivity contribution in [2.45, 2.75) is 95.1 Å². The lowest BCUT2D eigenvalue weighted by Gasteiger charge is -2.26. The number of hydrogen-bond donors (Lipinski definition) is 16. The second-order valence-corrected chi connectivity index (χ2v) is 34.6. The van der Waals surface area contributed by atoms with Gasteiger partial charge in [0.15, 0.2) is 5.83 Å². The van der Waals surface area contributed by atoms with Crippen LogP contribution in [0.2, 0.25) is 0 Å². The second-order valence-electron chi connectivity index (χ2n) is 20.2. The van der Waals surface area contributed by atoms with Gasteiger partial charge in [-0.15, -0.1) is 22.7 Å². The number of alkyl halides is 7. The fourth-order valence-corrected chi connectivity index (χ4v) is 12.6. The Labute approximate surface area is 576 Å². The van der Waals surface area contributed by atoms with Gasteiger partial charge in [-0.3, -0.25) is 22.8 Å². The van der Waals surface area contributed by atoms with Crippen LogP contribution in [-0.2, 0) is 36.5 Å². The Balaban J connectivity index is 0.00000111. The fraction of sp³-hybridized carbons (Fsp3) is 0.357. The van der Waals surface area contributed by atoms with Gasteiger partial charge < -0.3 is 78.3 Å². The summed E-state index contributed by atoms with van der Waals surface area (Å²) in [6, 6.07) is 24.8. The molecule has 2 aromatic heterocycles. The summed E-state index contributed by atoms with van der Waals surface area (Å²) in [5.74, 6) is -3.66. The van der Waals surface area contributed by atoms with Gasteiger partial charge in [0.2, 0.25) is 0 Å². The Hall–Kier alpha value is -3.79. The highest BCUT2D eigenvalue weighted by Gasteiger charge is 2.75. The van der Waals surface area contributed by atoms with Crippen LogP contribution in [0, 0.1) is 52.5 Å². The highest BCUT2D eigenvalue weighted by atomic mass is 32.2. The molecule has 0 amide bonds. The van der Waals surface area contributed by atoms with Crippen LogP contribution in [0.4, 0.5) is 35.1 Å². The number of benzene rings is 2. The van der Waals surface area contributed by atoms with Crippen LogP contribution in [0.5, 0.6) is 0 Å². The van der Waals surface area contributed by atoms with Gasteiger partial charge in [-0.25, -0.2) is 18.1 Å². The van der Waals surface area contributed by atoms with Crippen LogP contribution < -0.4 is 0 Å². The summed E-state index contributed by atoms with van der Waals surface area (Å²) in [5.41, 5.74) is 7.09. The van der Waals surface area contributed by atoms with Crippen LogP contribution in [-0.4, -0.2) is 108 Å². The molecule has 99 heavy (non-hydrogen) atoms. The molecule has 1 unspecified atom stereocenters. The lowest BCUT2D eigenvalue weighted by Crippen LogP contribution is -2.52.